The Morgan fingerprint density at radius 1 is 1.53 bits per heavy atom. The SMILES string of the molecule is CN(CCNc1cnn(C)c(=O)c1Br)CC(F)(F)F. The first kappa shape index (κ1) is 16.0. The summed E-state index contributed by atoms with van der Waals surface area (Å²) in [5.41, 5.74) is 0.150. The Bertz CT molecular complexity index is 489. The van der Waals surface area contributed by atoms with E-state index in [1.165, 1.54) is 20.3 Å². The lowest BCUT2D eigenvalue weighted by Gasteiger charge is -2.19. The van der Waals surface area contributed by atoms with E-state index in [1.54, 1.807) is 0 Å². The van der Waals surface area contributed by atoms with Crippen molar-refractivity contribution in [3.63, 3.8) is 0 Å². The Balaban J connectivity index is 2.50. The Hall–Kier alpha value is -1.09. The minimum atomic E-state index is -4.21. The van der Waals surface area contributed by atoms with Crippen molar-refractivity contribution in [1.29, 1.82) is 0 Å². The molecule has 5 nitrogen and oxygen atoms in total. The molecule has 0 spiro atoms. The van der Waals surface area contributed by atoms with Crippen LogP contribution < -0.4 is 10.9 Å². The van der Waals surface area contributed by atoms with Crippen molar-refractivity contribution in [3.8, 4) is 0 Å². The minimum Gasteiger partial charge on any atom is -0.381 e. The number of alkyl halides is 3. The Morgan fingerprint density at radius 2 is 2.16 bits per heavy atom. The van der Waals surface area contributed by atoms with E-state index in [2.05, 4.69) is 26.3 Å². The van der Waals surface area contributed by atoms with Crippen LogP contribution in [0.5, 0.6) is 0 Å². The molecule has 1 N–H and O–H groups in total. The van der Waals surface area contributed by atoms with Crippen LogP contribution >= 0.6 is 15.9 Å². The average Bonchev–Trinajstić information content (AvgIpc) is 2.27. The molecule has 0 saturated carbocycles. The Labute approximate surface area is 116 Å². The lowest BCUT2D eigenvalue weighted by Crippen LogP contribution is -2.34. The molecule has 0 bridgehead atoms. The first-order valence-electron chi connectivity index (χ1n) is 5.41. The van der Waals surface area contributed by atoms with Gasteiger partial charge in [0.05, 0.1) is 18.4 Å². The number of aryl methyl sites for hydroxylation is 1. The topological polar surface area (TPSA) is 50.2 Å². The summed E-state index contributed by atoms with van der Waals surface area (Å²) >= 11 is 3.12. The molecule has 0 radical (unpaired) electrons. The number of nitrogens with one attached hydrogen (secondary N) is 1. The first-order chi connectivity index (χ1) is 8.70. The molecule has 108 valence electrons. The molecular weight excluding hydrogens is 329 g/mol. The van der Waals surface area contributed by atoms with Gasteiger partial charge in [-0.25, -0.2) is 4.68 Å². The van der Waals surface area contributed by atoms with Crippen LogP contribution in [0.4, 0.5) is 18.9 Å². The van der Waals surface area contributed by atoms with E-state index < -0.39 is 12.7 Å². The molecule has 0 amide bonds. The Kier molecular flexibility index (Phi) is 5.36. The molecule has 0 atom stereocenters. The fraction of sp³-hybridized carbons (Fsp3) is 0.600. The van der Waals surface area contributed by atoms with Gasteiger partial charge in [-0.2, -0.15) is 18.3 Å². The van der Waals surface area contributed by atoms with Crippen LogP contribution in [0.25, 0.3) is 0 Å². The summed E-state index contributed by atoms with van der Waals surface area (Å²) < 4.78 is 37.7. The first-order valence-corrected chi connectivity index (χ1v) is 6.21. The fourth-order valence-electron chi connectivity index (χ4n) is 1.40. The van der Waals surface area contributed by atoms with Gasteiger partial charge in [0.15, 0.2) is 0 Å². The molecule has 19 heavy (non-hydrogen) atoms. The van der Waals surface area contributed by atoms with E-state index in [0.717, 1.165) is 9.58 Å². The zero-order chi connectivity index (χ0) is 14.6. The van der Waals surface area contributed by atoms with Crippen molar-refractivity contribution < 1.29 is 13.2 Å². The van der Waals surface area contributed by atoms with Gasteiger partial charge in [0, 0.05) is 20.1 Å². The normalized spacial score (nSPS) is 11.9. The predicted molar refractivity (Wildman–Crippen MR) is 69.2 cm³/mol. The molecule has 1 heterocycles. The summed E-state index contributed by atoms with van der Waals surface area (Å²) in [6.45, 7) is -0.494. The van der Waals surface area contributed by atoms with Gasteiger partial charge in [-0.1, -0.05) is 0 Å². The molecule has 0 aromatic carbocycles. The maximum atomic E-state index is 12.1. The van der Waals surface area contributed by atoms with Gasteiger partial charge in [0.2, 0.25) is 0 Å². The van der Waals surface area contributed by atoms with Crippen LogP contribution in [0.15, 0.2) is 15.5 Å². The van der Waals surface area contributed by atoms with E-state index in [-0.39, 0.29) is 18.6 Å². The molecule has 0 aliphatic carbocycles. The average molecular weight is 343 g/mol. The van der Waals surface area contributed by atoms with Crippen LogP contribution in [-0.4, -0.2) is 47.5 Å². The molecular formula is C10H14BrF3N4O. The molecule has 0 fully saturated rings. The second kappa shape index (κ2) is 6.38. The third-order valence-electron chi connectivity index (χ3n) is 2.34. The summed E-state index contributed by atoms with van der Waals surface area (Å²) in [4.78, 5) is 12.7. The second-order valence-electron chi connectivity index (χ2n) is 4.08. The molecule has 0 aliphatic heterocycles. The molecule has 1 rings (SSSR count). The number of hydrogen-bond donors (Lipinski definition) is 1. The van der Waals surface area contributed by atoms with Crippen LogP contribution in [0.2, 0.25) is 0 Å². The van der Waals surface area contributed by atoms with Crippen molar-refractivity contribution in [2.45, 2.75) is 6.18 Å². The smallest absolute Gasteiger partial charge is 0.381 e. The third kappa shape index (κ3) is 5.19. The van der Waals surface area contributed by atoms with Crippen molar-refractivity contribution in [3.05, 3.63) is 21.0 Å². The van der Waals surface area contributed by atoms with Crippen molar-refractivity contribution in [2.75, 3.05) is 32.0 Å². The highest BCUT2D eigenvalue weighted by atomic mass is 79.9. The van der Waals surface area contributed by atoms with E-state index in [9.17, 15) is 18.0 Å². The summed E-state index contributed by atoms with van der Waals surface area (Å²) in [7, 11) is 2.89. The molecule has 0 aliphatic rings. The molecule has 0 saturated heterocycles. The maximum absolute atomic E-state index is 12.1. The van der Waals surface area contributed by atoms with Gasteiger partial charge < -0.3 is 5.32 Å². The summed E-state index contributed by atoms with van der Waals surface area (Å²) in [5.74, 6) is 0. The lowest BCUT2D eigenvalue weighted by molar-refractivity contribution is -0.142. The zero-order valence-electron chi connectivity index (χ0n) is 10.5. The quantitative estimate of drug-likeness (QED) is 0.879. The third-order valence-corrected chi connectivity index (χ3v) is 3.10. The highest BCUT2D eigenvalue weighted by molar-refractivity contribution is 9.10. The fourth-order valence-corrected chi connectivity index (χ4v) is 1.90. The number of aromatic nitrogens is 2. The Morgan fingerprint density at radius 3 is 2.74 bits per heavy atom. The standard InChI is InChI=1S/C10H14BrF3N4O/c1-17(6-10(12,13)14)4-3-15-7-5-16-18(2)9(19)8(7)11/h5,15H,3-4,6H2,1-2H3. The van der Waals surface area contributed by atoms with Gasteiger partial charge in [-0.15, -0.1) is 0 Å². The van der Waals surface area contributed by atoms with Crippen molar-refractivity contribution >= 4 is 21.6 Å². The highest BCUT2D eigenvalue weighted by Gasteiger charge is 2.28. The van der Waals surface area contributed by atoms with Crippen molar-refractivity contribution in [2.24, 2.45) is 7.05 Å². The van der Waals surface area contributed by atoms with E-state index in [4.69, 9.17) is 0 Å². The van der Waals surface area contributed by atoms with Crippen LogP contribution in [-0.2, 0) is 7.05 Å². The van der Waals surface area contributed by atoms with Gasteiger partial charge in [-0.05, 0) is 23.0 Å². The van der Waals surface area contributed by atoms with Gasteiger partial charge in [-0.3, -0.25) is 9.69 Å². The minimum absolute atomic E-state index is 0.196. The van der Waals surface area contributed by atoms with Crippen LogP contribution in [0.3, 0.4) is 0 Å². The molecule has 0 unspecified atom stereocenters. The van der Waals surface area contributed by atoms with Gasteiger partial charge >= 0.3 is 6.18 Å². The number of nitrogens with zero attached hydrogens (tertiary/aromatic N) is 3. The largest absolute Gasteiger partial charge is 0.401 e. The van der Waals surface area contributed by atoms with Crippen LogP contribution in [0, 0.1) is 0 Å². The molecule has 1 aromatic heterocycles. The summed E-state index contributed by atoms with van der Waals surface area (Å²) in [5, 5.41) is 6.68. The summed E-state index contributed by atoms with van der Waals surface area (Å²) in [6.07, 6.45) is -2.77. The van der Waals surface area contributed by atoms with Gasteiger partial charge in [0.25, 0.3) is 5.56 Å². The van der Waals surface area contributed by atoms with E-state index >= 15 is 0 Å². The predicted octanol–water partition coefficient (Wildman–Crippen LogP) is 1.45. The zero-order valence-corrected chi connectivity index (χ0v) is 12.0. The summed E-state index contributed by atoms with van der Waals surface area (Å²) in [6, 6.07) is 0. The second-order valence-corrected chi connectivity index (χ2v) is 4.87. The molecule has 9 heteroatoms. The van der Waals surface area contributed by atoms with Crippen molar-refractivity contribution in [1.82, 2.24) is 14.7 Å². The van der Waals surface area contributed by atoms with Crippen LogP contribution in [0.1, 0.15) is 0 Å². The lowest BCUT2D eigenvalue weighted by atomic mass is 10.4. The maximum Gasteiger partial charge on any atom is 0.401 e. The van der Waals surface area contributed by atoms with E-state index in [1.807, 2.05) is 0 Å². The number of anilines is 1. The number of likely N-dealkylation sites (N-methyl/N-ethyl adjacent to an activating group) is 1. The number of hydrogen-bond acceptors (Lipinski definition) is 4. The molecule has 1 aromatic rings. The number of rotatable bonds is 5. The monoisotopic (exact) mass is 342 g/mol. The van der Waals surface area contributed by atoms with E-state index in [0.29, 0.717) is 10.2 Å². The number of halogens is 4. The van der Waals surface area contributed by atoms with Gasteiger partial charge in [0.1, 0.15) is 4.47 Å². The highest BCUT2D eigenvalue weighted by Crippen LogP contribution is 2.16.